The fourth-order valence-corrected chi connectivity index (χ4v) is 3.16. The molecular formula is C18H20F6N2O2. The molecule has 0 unspecified atom stereocenters. The van der Waals surface area contributed by atoms with Crippen molar-refractivity contribution in [3.05, 3.63) is 47.0 Å². The average Bonchev–Trinajstić information content (AvgIpc) is 2.94. The Labute approximate surface area is 157 Å². The van der Waals surface area contributed by atoms with E-state index in [-0.39, 0.29) is 18.1 Å². The first-order chi connectivity index (χ1) is 12.6. The number of benzene rings is 1. The van der Waals surface area contributed by atoms with E-state index < -0.39 is 53.0 Å². The standard InChI is InChI=1S/C18H20F6N2O2/c1-15(2,28)16(4-3-13(25)8-16)14(27)26-9-10-5-11(17(19,20)21)7-12(6-10)18(22,23)24/h3-7,13,28H,8-9,25H2,1-2H3,(H,26,27)/t13-,16-/m1/s1. The molecule has 0 aromatic heterocycles. The number of aliphatic hydroxyl groups is 1. The second-order valence-corrected chi connectivity index (χ2v) is 7.35. The van der Waals surface area contributed by atoms with Crippen molar-refractivity contribution in [2.75, 3.05) is 0 Å². The number of alkyl halides is 6. The maximum absolute atomic E-state index is 12.9. The summed E-state index contributed by atoms with van der Waals surface area (Å²) in [6, 6.07) is 0.593. The molecule has 2 rings (SSSR count). The normalized spacial score (nSPS) is 23.1. The Morgan fingerprint density at radius 2 is 1.64 bits per heavy atom. The summed E-state index contributed by atoms with van der Waals surface area (Å²) in [5.41, 5.74) is -0.533. The third-order valence-corrected chi connectivity index (χ3v) is 4.78. The van der Waals surface area contributed by atoms with Crippen LogP contribution in [0.15, 0.2) is 30.4 Å². The van der Waals surface area contributed by atoms with E-state index in [0.717, 1.165) is 0 Å². The molecule has 28 heavy (non-hydrogen) atoms. The molecule has 1 amide bonds. The van der Waals surface area contributed by atoms with Crippen LogP contribution in [0.25, 0.3) is 0 Å². The van der Waals surface area contributed by atoms with Gasteiger partial charge in [0.15, 0.2) is 0 Å². The Morgan fingerprint density at radius 1 is 1.14 bits per heavy atom. The summed E-state index contributed by atoms with van der Waals surface area (Å²) in [7, 11) is 0. The lowest BCUT2D eigenvalue weighted by Crippen LogP contribution is -2.53. The molecule has 1 aromatic rings. The molecule has 0 spiro atoms. The fraction of sp³-hybridized carbons (Fsp3) is 0.500. The van der Waals surface area contributed by atoms with Gasteiger partial charge >= 0.3 is 12.4 Å². The molecule has 0 saturated carbocycles. The molecule has 156 valence electrons. The predicted molar refractivity (Wildman–Crippen MR) is 88.8 cm³/mol. The van der Waals surface area contributed by atoms with Gasteiger partial charge in [-0.1, -0.05) is 12.2 Å². The van der Waals surface area contributed by atoms with E-state index in [4.69, 9.17) is 5.73 Å². The van der Waals surface area contributed by atoms with Crippen LogP contribution < -0.4 is 11.1 Å². The molecule has 2 atom stereocenters. The van der Waals surface area contributed by atoms with Gasteiger partial charge in [0.2, 0.25) is 5.91 Å². The summed E-state index contributed by atoms with van der Waals surface area (Å²) in [5, 5.41) is 12.7. The number of carbonyl (C=O) groups is 1. The summed E-state index contributed by atoms with van der Waals surface area (Å²) < 4.78 is 77.6. The third-order valence-electron chi connectivity index (χ3n) is 4.78. The first-order valence-electron chi connectivity index (χ1n) is 8.30. The lowest BCUT2D eigenvalue weighted by Gasteiger charge is -2.38. The highest BCUT2D eigenvalue weighted by atomic mass is 19.4. The van der Waals surface area contributed by atoms with Crippen LogP contribution in [-0.2, 0) is 23.7 Å². The topological polar surface area (TPSA) is 75.3 Å². The molecule has 0 heterocycles. The Bertz CT molecular complexity index is 748. The second-order valence-electron chi connectivity index (χ2n) is 7.35. The van der Waals surface area contributed by atoms with Gasteiger partial charge in [0, 0.05) is 12.6 Å². The van der Waals surface area contributed by atoms with Gasteiger partial charge in [-0.25, -0.2) is 0 Å². The summed E-state index contributed by atoms with van der Waals surface area (Å²) in [6.45, 7) is 2.18. The zero-order valence-electron chi connectivity index (χ0n) is 15.1. The van der Waals surface area contributed by atoms with Crippen LogP contribution in [0, 0.1) is 5.41 Å². The Balaban J connectivity index is 2.31. The van der Waals surface area contributed by atoms with Crippen molar-refractivity contribution >= 4 is 5.91 Å². The van der Waals surface area contributed by atoms with E-state index in [1.54, 1.807) is 0 Å². The van der Waals surface area contributed by atoms with E-state index in [1.807, 2.05) is 0 Å². The van der Waals surface area contributed by atoms with Crippen LogP contribution in [0.5, 0.6) is 0 Å². The number of halogens is 6. The molecule has 4 nitrogen and oxygen atoms in total. The molecule has 1 aromatic carbocycles. The maximum Gasteiger partial charge on any atom is 0.416 e. The smallest absolute Gasteiger partial charge is 0.389 e. The minimum absolute atomic E-state index is 0.0162. The van der Waals surface area contributed by atoms with Gasteiger partial charge in [0.05, 0.1) is 22.1 Å². The van der Waals surface area contributed by atoms with E-state index in [0.29, 0.717) is 12.1 Å². The number of carbonyl (C=O) groups excluding carboxylic acids is 1. The number of rotatable bonds is 4. The van der Waals surface area contributed by atoms with Gasteiger partial charge in [0.1, 0.15) is 0 Å². The second kappa shape index (κ2) is 7.07. The quantitative estimate of drug-likeness (QED) is 0.526. The third kappa shape index (κ3) is 4.49. The zero-order valence-corrected chi connectivity index (χ0v) is 15.1. The van der Waals surface area contributed by atoms with Crippen LogP contribution in [0.4, 0.5) is 26.3 Å². The van der Waals surface area contributed by atoms with Gasteiger partial charge in [-0.05, 0) is 44.0 Å². The molecule has 1 aliphatic rings. The Kier molecular flexibility index (Phi) is 5.61. The van der Waals surface area contributed by atoms with Crippen molar-refractivity contribution in [3.8, 4) is 0 Å². The van der Waals surface area contributed by atoms with E-state index in [1.165, 1.54) is 26.0 Å². The summed E-state index contributed by atoms with van der Waals surface area (Å²) in [4.78, 5) is 12.7. The summed E-state index contributed by atoms with van der Waals surface area (Å²) in [5.74, 6) is -0.741. The van der Waals surface area contributed by atoms with E-state index in [2.05, 4.69) is 5.32 Å². The monoisotopic (exact) mass is 410 g/mol. The highest BCUT2D eigenvalue weighted by Gasteiger charge is 2.51. The Morgan fingerprint density at radius 3 is 2.00 bits per heavy atom. The van der Waals surface area contributed by atoms with Crippen molar-refractivity contribution in [3.63, 3.8) is 0 Å². The van der Waals surface area contributed by atoms with Gasteiger partial charge in [-0.2, -0.15) is 26.3 Å². The van der Waals surface area contributed by atoms with Crippen molar-refractivity contribution in [2.24, 2.45) is 11.1 Å². The first kappa shape index (κ1) is 22.2. The van der Waals surface area contributed by atoms with Crippen LogP contribution in [-0.4, -0.2) is 22.7 Å². The number of nitrogens with two attached hydrogens (primary N) is 1. The van der Waals surface area contributed by atoms with Gasteiger partial charge < -0.3 is 16.2 Å². The molecular weight excluding hydrogens is 390 g/mol. The van der Waals surface area contributed by atoms with Crippen LogP contribution >= 0.6 is 0 Å². The predicted octanol–water partition coefficient (Wildman–Crippen LogP) is 3.38. The Hall–Kier alpha value is -2.07. The molecule has 0 radical (unpaired) electrons. The SMILES string of the molecule is CC(C)(O)[C@]1(C(=O)NCc2cc(C(F)(F)F)cc(C(F)(F)F)c2)C=C[C@@H](N)C1. The molecule has 0 saturated heterocycles. The van der Waals surface area contributed by atoms with Crippen LogP contribution in [0.1, 0.15) is 37.0 Å². The van der Waals surface area contributed by atoms with Crippen molar-refractivity contribution < 1.29 is 36.2 Å². The lowest BCUT2D eigenvalue weighted by molar-refractivity contribution is -0.143. The van der Waals surface area contributed by atoms with Gasteiger partial charge in [-0.15, -0.1) is 0 Å². The number of nitrogens with one attached hydrogen (secondary N) is 1. The van der Waals surface area contributed by atoms with Crippen molar-refractivity contribution in [1.29, 1.82) is 0 Å². The van der Waals surface area contributed by atoms with E-state index >= 15 is 0 Å². The summed E-state index contributed by atoms with van der Waals surface area (Å²) in [6.07, 6.45) is -6.97. The number of hydrogen-bond donors (Lipinski definition) is 3. The van der Waals surface area contributed by atoms with Crippen LogP contribution in [0.3, 0.4) is 0 Å². The minimum Gasteiger partial charge on any atom is -0.389 e. The van der Waals surface area contributed by atoms with Crippen molar-refractivity contribution in [1.82, 2.24) is 5.32 Å². The molecule has 0 bridgehead atoms. The van der Waals surface area contributed by atoms with Crippen molar-refractivity contribution in [2.45, 2.75) is 50.8 Å². The number of amides is 1. The molecule has 4 N–H and O–H groups in total. The minimum atomic E-state index is -4.98. The average molecular weight is 410 g/mol. The maximum atomic E-state index is 12.9. The molecule has 0 fully saturated rings. The fourth-order valence-electron chi connectivity index (χ4n) is 3.16. The van der Waals surface area contributed by atoms with Gasteiger partial charge in [0.25, 0.3) is 0 Å². The molecule has 10 heteroatoms. The first-order valence-corrected chi connectivity index (χ1v) is 8.30. The van der Waals surface area contributed by atoms with Gasteiger partial charge in [-0.3, -0.25) is 4.79 Å². The summed E-state index contributed by atoms with van der Waals surface area (Å²) >= 11 is 0. The highest BCUT2D eigenvalue weighted by molar-refractivity contribution is 5.86. The lowest BCUT2D eigenvalue weighted by atomic mass is 9.72. The largest absolute Gasteiger partial charge is 0.416 e. The molecule has 1 aliphatic carbocycles. The molecule has 0 aliphatic heterocycles. The zero-order chi connectivity index (χ0) is 21.5. The van der Waals surface area contributed by atoms with E-state index in [9.17, 15) is 36.2 Å². The highest BCUT2D eigenvalue weighted by Crippen LogP contribution is 2.42. The number of hydrogen-bond acceptors (Lipinski definition) is 3. The van der Waals surface area contributed by atoms with Crippen LogP contribution in [0.2, 0.25) is 0 Å².